The molecule has 0 aromatic heterocycles. The molecule has 0 aliphatic rings. The molecule has 0 saturated heterocycles. The summed E-state index contributed by atoms with van der Waals surface area (Å²) in [5, 5.41) is 0. The van der Waals surface area contributed by atoms with E-state index in [1.54, 1.807) is 11.8 Å². The monoisotopic (exact) mass is 284 g/mol. The van der Waals surface area contributed by atoms with Gasteiger partial charge in [0, 0.05) is 10.6 Å². The van der Waals surface area contributed by atoms with E-state index < -0.39 is 0 Å². The fraction of sp³-hybridized carbons (Fsp3) is 0.176. The predicted octanol–water partition coefficient (Wildman–Crippen LogP) is 3.49. The second kappa shape index (κ2) is 6.16. The molecule has 2 atom stereocenters. The minimum atomic E-state index is -0.353. The smallest absolute Gasteiger partial charge is 0.0633 e. The Morgan fingerprint density at radius 1 is 1.05 bits per heavy atom. The van der Waals surface area contributed by atoms with Crippen LogP contribution in [0.1, 0.15) is 12.5 Å². The van der Waals surface area contributed by atoms with Gasteiger partial charge < -0.3 is 11.5 Å². The molecule has 0 aliphatic heterocycles. The molecule has 2 unspecified atom stereocenters. The molecule has 0 fully saturated rings. The SMILES string of the molecule is C=C(N)C(N)C(C)(Sc1ccccc1)c1ccccc1. The van der Waals surface area contributed by atoms with E-state index in [4.69, 9.17) is 11.5 Å². The number of thioether (sulfide) groups is 1. The average molecular weight is 284 g/mol. The summed E-state index contributed by atoms with van der Waals surface area (Å²) in [6.45, 7) is 5.94. The first-order valence-electron chi connectivity index (χ1n) is 6.53. The molecule has 3 heteroatoms. The highest BCUT2D eigenvalue weighted by atomic mass is 32.2. The lowest BCUT2D eigenvalue weighted by molar-refractivity contribution is 0.577. The van der Waals surface area contributed by atoms with Crippen molar-refractivity contribution < 1.29 is 0 Å². The van der Waals surface area contributed by atoms with Gasteiger partial charge in [-0.3, -0.25) is 0 Å². The third-order valence-corrected chi connectivity index (χ3v) is 4.83. The Balaban J connectivity index is 2.42. The van der Waals surface area contributed by atoms with Crippen LogP contribution in [-0.4, -0.2) is 6.04 Å². The largest absolute Gasteiger partial charge is 0.401 e. The first-order chi connectivity index (χ1) is 9.54. The maximum atomic E-state index is 6.33. The van der Waals surface area contributed by atoms with E-state index in [-0.39, 0.29) is 10.8 Å². The van der Waals surface area contributed by atoms with Crippen LogP contribution < -0.4 is 11.5 Å². The molecule has 0 amide bonds. The van der Waals surface area contributed by atoms with E-state index in [9.17, 15) is 0 Å². The molecule has 0 spiro atoms. The molecule has 2 rings (SSSR count). The van der Waals surface area contributed by atoms with Crippen LogP contribution in [0, 0.1) is 0 Å². The van der Waals surface area contributed by atoms with E-state index in [0.29, 0.717) is 5.70 Å². The van der Waals surface area contributed by atoms with Crippen molar-refractivity contribution in [3.05, 3.63) is 78.5 Å². The van der Waals surface area contributed by atoms with Crippen molar-refractivity contribution in [1.29, 1.82) is 0 Å². The van der Waals surface area contributed by atoms with Crippen LogP contribution in [0.25, 0.3) is 0 Å². The van der Waals surface area contributed by atoms with Gasteiger partial charge in [-0.05, 0) is 24.6 Å². The van der Waals surface area contributed by atoms with Crippen molar-refractivity contribution in [2.75, 3.05) is 0 Å². The summed E-state index contributed by atoms with van der Waals surface area (Å²) >= 11 is 1.71. The third kappa shape index (κ3) is 3.06. The quantitative estimate of drug-likeness (QED) is 0.826. The fourth-order valence-corrected chi connectivity index (χ4v) is 3.47. The number of nitrogens with two attached hydrogens (primary N) is 2. The topological polar surface area (TPSA) is 52.0 Å². The normalized spacial score (nSPS) is 15.3. The number of rotatable bonds is 5. The fourth-order valence-electron chi connectivity index (χ4n) is 2.16. The molecule has 4 N–H and O–H groups in total. The van der Waals surface area contributed by atoms with Crippen molar-refractivity contribution in [1.82, 2.24) is 0 Å². The van der Waals surface area contributed by atoms with E-state index in [0.717, 1.165) is 10.5 Å². The molecular formula is C17H20N2S. The van der Waals surface area contributed by atoms with Crippen LogP contribution in [0.2, 0.25) is 0 Å². The summed E-state index contributed by atoms with van der Waals surface area (Å²) in [6, 6.07) is 20.1. The molecule has 20 heavy (non-hydrogen) atoms. The van der Waals surface area contributed by atoms with E-state index in [2.05, 4.69) is 37.8 Å². The van der Waals surface area contributed by atoms with Gasteiger partial charge in [-0.1, -0.05) is 55.1 Å². The van der Waals surface area contributed by atoms with E-state index in [1.807, 2.05) is 36.4 Å². The zero-order valence-electron chi connectivity index (χ0n) is 11.6. The molecule has 0 radical (unpaired) electrons. The Kier molecular flexibility index (Phi) is 4.53. The summed E-state index contributed by atoms with van der Waals surface area (Å²) in [5.41, 5.74) is 13.9. The standard InChI is InChI=1S/C17H20N2S/c1-13(18)16(19)17(2,14-9-5-3-6-10-14)20-15-11-7-4-8-12-15/h3-12,16H,1,18-19H2,2H3. The molecule has 0 aliphatic carbocycles. The maximum Gasteiger partial charge on any atom is 0.0633 e. The lowest BCUT2D eigenvalue weighted by atomic mass is 9.91. The van der Waals surface area contributed by atoms with Gasteiger partial charge in [-0.25, -0.2) is 0 Å². The summed E-state index contributed by atoms with van der Waals surface area (Å²) < 4.78 is -0.353. The first-order valence-corrected chi connectivity index (χ1v) is 7.35. The molecule has 2 aromatic rings. The van der Waals surface area contributed by atoms with Crippen LogP contribution >= 0.6 is 11.8 Å². The molecule has 0 saturated carbocycles. The Morgan fingerprint density at radius 2 is 1.55 bits per heavy atom. The molecule has 0 heterocycles. The van der Waals surface area contributed by atoms with E-state index in [1.165, 1.54) is 0 Å². The summed E-state index contributed by atoms with van der Waals surface area (Å²) in [6.07, 6.45) is 0. The average Bonchev–Trinajstić information content (AvgIpc) is 2.48. The second-order valence-electron chi connectivity index (χ2n) is 4.94. The number of hydrogen-bond acceptors (Lipinski definition) is 3. The van der Waals surface area contributed by atoms with Crippen LogP contribution in [0.15, 0.2) is 77.8 Å². The van der Waals surface area contributed by atoms with Gasteiger partial charge >= 0.3 is 0 Å². The second-order valence-corrected chi connectivity index (χ2v) is 6.46. The van der Waals surface area contributed by atoms with Gasteiger partial charge in [0.1, 0.15) is 0 Å². The van der Waals surface area contributed by atoms with Crippen LogP contribution in [0.5, 0.6) is 0 Å². The lowest BCUT2D eigenvalue weighted by Crippen LogP contribution is -2.44. The molecular weight excluding hydrogens is 264 g/mol. The van der Waals surface area contributed by atoms with Gasteiger partial charge in [0.05, 0.1) is 10.8 Å². The van der Waals surface area contributed by atoms with Gasteiger partial charge in [0.15, 0.2) is 0 Å². The zero-order valence-corrected chi connectivity index (χ0v) is 12.4. The van der Waals surface area contributed by atoms with Crippen molar-refractivity contribution in [2.24, 2.45) is 11.5 Å². The number of benzene rings is 2. The van der Waals surface area contributed by atoms with E-state index >= 15 is 0 Å². The molecule has 104 valence electrons. The zero-order chi connectivity index (χ0) is 14.6. The molecule has 2 aromatic carbocycles. The van der Waals surface area contributed by atoms with Crippen molar-refractivity contribution >= 4 is 11.8 Å². The molecule has 0 bridgehead atoms. The van der Waals surface area contributed by atoms with Gasteiger partial charge in [-0.15, -0.1) is 11.8 Å². The summed E-state index contributed by atoms with van der Waals surface area (Å²) in [7, 11) is 0. The third-order valence-electron chi connectivity index (χ3n) is 3.41. The Bertz CT molecular complexity index is 568. The minimum absolute atomic E-state index is 0.324. The lowest BCUT2D eigenvalue weighted by Gasteiger charge is -2.35. The van der Waals surface area contributed by atoms with Crippen molar-refractivity contribution in [3.63, 3.8) is 0 Å². The maximum absolute atomic E-state index is 6.33. The van der Waals surface area contributed by atoms with Crippen LogP contribution in [-0.2, 0) is 4.75 Å². The van der Waals surface area contributed by atoms with Crippen LogP contribution in [0.4, 0.5) is 0 Å². The molecule has 2 nitrogen and oxygen atoms in total. The highest BCUT2D eigenvalue weighted by molar-refractivity contribution is 8.00. The van der Waals surface area contributed by atoms with Gasteiger partial charge in [-0.2, -0.15) is 0 Å². The van der Waals surface area contributed by atoms with Gasteiger partial charge in [0.25, 0.3) is 0 Å². The van der Waals surface area contributed by atoms with Crippen molar-refractivity contribution in [2.45, 2.75) is 22.6 Å². The van der Waals surface area contributed by atoms with Gasteiger partial charge in [0.2, 0.25) is 0 Å². The highest BCUT2D eigenvalue weighted by Gasteiger charge is 2.35. The highest BCUT2D eigenvalue weighted by Crippen LogP contribution is 2.44. The first kappa shape index (κ1) is 14.7. The summed E-state index contributed by atoms with van der Waals surface area (Å²) in [5.74, 6) is 0. The Labute approximate surface area is 124 Å². The Hall–Kier alpha value is -1.71. The minimum Gasteiger partial charge on any atom is -0.401 e. The summed E-state index contributed by atoms with van der Waals surface area (Å²) in [4.78, 5) is 1.16. The predicted molar refractivity (Wildman–Crippen MR) is 87.4 cm³/mol. The van der Waals surface area contributed by atoms with Crippen molar-refractivity contribution in [3.8, 4) is 0 Å². The Morgan fingerprint density at radius 3 is 2.05 bits per heavy atom. The van der Waals surface area contributed by atoms with Crippen LogP contribution in [0.3, 0.4) is 0 Å². The number of hydrogen-bond donors (Lipinski definition) is 2.